The van der Waals surface area contributed by atoms with Gasteiger partial charge in [0.05, 0.1) is 59.4 Å². The third kappa shape index (κ3) is 14.2. The minimum absolute atomic E-state index is 0.000101. The number of aromatic nitrogens is 6. The number of hydrogen-bond donors (Lipinski definition) is 7. The highest BCUT2D eigenvalue weighted by Crippen LogP contribution is 2.41. The minimum atomic E-state index is -1.99. The van der Waals surface area contributed by atoms with E-state index >= 15 is 0 Å². The molecule has 24 heteroatoms. The van der Waals surface area contributed by atoms with Gasteiger partial charge in [0.25, 0.3) is 11.8 Å². The van der Waals surface area contributed by atoms with Crippen LogP contribution in [-0.2, 0) is 37.6 Å². The number of nitrogens with zero attached hydrogens (tertiary/aromatic N) is 7. The third-order valence-electron chi connectivity index (χ3n) is 13.0. The summed E-state index contributed by atoms with van der Waals surface area (Å²) >= 11 is 1.50. The number of alkyl halides is 1. The molecule has 2 aromatic carbocycles. The zero-order valence-corrected chi connectivity index (χ0v) is 44.6. The first-order valence-corrected chi connectivity index (χ1v) is 26.0. The van der Waals surface area contributed by atoms with E-state index in [1.807, 2.05) is 25.1 Å². The number of aryl methyl sites for hydroxylation is 2. The predicted molar refractivity (Wildman–Crippen MR) is 281 cm³/mol. The number of carbonyl (C=O) groups excluding carboxylic acids is 6. The van der Waals surface area contributed by atoms with Crippen molar-refractivity contribution in [3.8, 4) is 33.3 Å². The molecule has 76 heavy (non-hydrogen) atoms. The molecule has 6 amide bonds. The molecule has 0 radical (unpaired) electrons. The fourth-order valence-electron chi connectivity index (χ4n) is 8.60. The summed E-state index contributed by atoms with van der Waals surface area (Å²) in [5, 5.41) is 39.5. The van der Waals surface area contributed by atoms with Crippen LogP contribution >= 0.6 is 11.3 Å². The zero-order chi connectivity index (χ0) is 54.7. The monoisotopic (exact) mass is 1070 g/mol. The van der Waals surface area contributed by atoms with Crippen molar-refractivity contribution in [1.82, 2.24) is 56.1 Å². The van der Waals surface area contributed by atoms with Crippen LogP contribution in [0.3, 0.4) is 0 Å². The summed E-state index contributed by atoms with van der Waals surface area (Å²) < 4.78 is 28.2. The van der Waals surface area contributed by atoms with Crippen molar-refractivity contribution in [3.63, 3.8) is 0 Å². The lowest BCUT2D eigenvalue weighted by atomic mass is 9.85. The molecule has 4 heterocycles. The minimum Gasteiger partial charge on any atom is -0.494 e. The fourth-order valence-corrected chi connectivity index (χ4v) is 9.40. The quantitative estimate of drug-likeness (QED) is 0.0405. The number of likely N-dealkylation sites (tertiary alicyclic amines) is 1. The molecule has 7 N–H and O–H groups in total. The smallest absolute Gasteiger partial charge is 0.273 e. The number of ether oxygens (including phenoxy) is 2. The van der Waals surface area contributed by atoms with E-state index in [0.717, 1.165) is 35.4 Å². The van der Waals surface area contributed by atoms with Crippen LogP contribution in [0.2, 0.25) is 0 Å². The van der Waals surface area contributed by atoms with E-state index in [1.54, 1.807) is 62.5 Å². The molecule has 22 nitrogen and oxygen atoms in total. The second-order valence-corrected chi connectivity index (χ2v) is 20.8. The number of para-hydroxylation sites is 1. The van der Waals surface area contributed by atoms with Gasteiger partial charge in [-0.2, -0.15) is 5.10 Å². The van der Waals surface area contributed by atoms with Gasteiger partial charge in [-0.3, -0.25) is 33.4 Å². The van der Waals surface area contributed by atoms with Crippen molar-refractivity contribution in [2.24, 2.45) is 12.5 Å². The van der Waals surface area contributed by atoms with Crippen LogP contribution in [0.15, 0.2) is 54.3 Å². The van der Waals surface area contributed by atoms with Crippen molar-refractivity contribution >= 4 is 64.0 Å². The van der Waals surface area contributed by atoms with Crippen LogP contribution < -0.4 is 41.4 Å². The number of rotatable bonds is 24. The highest BCUT2D eigenvalue weighted by molar-refractivity contribution is 7.13. The largest absolute Gasteiger partial charge is 0.494 e. The Bertz CT molecular complexity index is 2920. The molecule has 1 saturated heterocycles. The number of β-amino-alcohol motifs (C(OH)–C–C–N with tert-alkyl or cyclic N) is 1. The molecule has 2 aliphatic rings. The molecular formula is C52H66FN13O9S. The van der Waals surface area contributed by atoms with Crippen molar-refractivity contribution in [2.45, 2.75) is 116 Å². The van der Waals surface area contributed by atoms with Gasteiger partial charge in [0.1, 0.15) is 24.2 Å². The van der Waals surface area contributed by atoms with E-state index in [1.165, 1.54) is 36.5 Å². The summed E-state index contributed by atoms with van der Waals surface area (Å²) in [6.07, 6.45) is 4.71. The number of aliphatic hydroxyl groups excluding tert-OH is 1. The van der Waals surface area contributed by atoms with Gasteiger partial charge in [0.2, 0.25) is 23.6 Å². The number of thiazole rings is 1. The Kier molecular flexibility index (Phi) is 18.3. The van der Waals surface area contributed by atoms with Crippen LogP contribution in [0.25, 0.3) is 21.8 Å². The molecule has 3 atom stereocenters. The SMILES string of the molecule is CNC(=O)c1nnc(NC(=O)CNC(=O)CCCCCCCOc2cc(-c3scnc3C)ccc2CNC(=O)[C@@H]2C[C@@H](O)CN2C(=O)[C@@H](NC(=O)C2(F)CC2)C(C)(C)C)cc1Nc1cccc(-c2ncn(C)n2)c1OC. The Balaban J connectivity index is 0.862. The molecule has 7 rings (SSSR count). The molecule has 0 spiro atoms. The second-order valence-electron chi connectivity index (χ2n) is 20.0. The third-order valence-corrected chi connectivity index (χ3v) is 13.9. The molecular weight excluding hydrogens is 1000 g/mol. The number of halogens is 1. The van der Waals surface area contributed by atoms with Gasteiger partial charge < -0.3 is 51.4 Å². The van der Waals surface area contributed by atoms with Crippen LogP contribution in [-0.4, -0.2) is 133 Å². The highest BCUT2D eigenvalue weighted by Gasteiger charge is 2.53. The maximum absolute atomic E-state index is 14.7. The summed E-state index contributed by atoms with van der Waals surface area (Å²) in [6.45, 7) is 7.18. The molecule has 5 aromatic rings. The molecule has 1 saturated carbocycles. The lowest BCUT2D eigenvalue weighted by Gasteiger charge is -2.35. The molecule has 0 bridgehead atoms. The first kappa shape index (κ1) is 56.1. The number of hydrogen-bond acceptors (Lipinski definition) is 16. The molecule has 406 valence electrons. The number of amides is 6. The number of nitrogens with one attached hydrogen (secondary N) is 6. The Morgan fingerprint density at radius 3 is 2.41 bits per heavy atom. The Labute approximate surface area is 443 Å². The van der Waals surface area contributed by atoms with Gasteiger partial charge in [-0.05, 0) is 61.8 Å². The van der Waals surface area contributed by atoms with Crippen LogP contribution in [0.5, 0.6) is 11.5 Å². The number of methoxy groups -OCH3 is 1. The van der Waals surface area contributed by atoms with Gasteiger partial charge >= 0.3 is 0 Å². The lowest BCUT2D eigenvalue weighted by Crippen LogP contribution is -2.59. The lowest BCUT2D eigenvalue weighted by molar-refractivity contribution is -0.145. The second kappa shape index (κ2) is 24.8. The van der Waals surface area contributed by atoms with E-state index in [4.69, 9.17) is 9.47 Å². The summed E-state index contributed by atoms with van der Waals surface area (Å²) in [7, 11) is 4.70. The van der Waals surface area contributed by atoms with E-state index in [-0.39, 0.29) is 68.4 Å². The van der Waals surface area contributed by atoms with Gasteiger partial charge in [0, 0.05) is 51.7 Å². The standard InChI is InChI=1S/C52H66FN13O9S/c1-30-44(76-29-58-30)31-17-18-32(25-56-47(70)37-23-33(67)27-66(37)49(72)45(51(2,3)4)61-50(73)52(53)19-20-52)38(22-31)75-21-12-10-8-9-11-16-40(68)55-26-41(69)60-39-24-36(42(63-62-39)48(71)54-5)59-35-15-13-14-34(43(35)74-7)46-57-28-65(6)64-46/h13-15,17-18,22,24,28-29,33,37,45,67H,8-12,16,19-21,23,25-27H2,1-7H3,(H,54,71)(H,55,68)(H,56,70)(H,61,73)(H2,59,60,62,69)/t33-,37+,45-/m1/s1. The molecule has 1 aliphatic heterocycles. The van der Waals surface area contributed by atoms with E-state index < -0.39 is 58.8 Å². The number of unbranched alkanes of at least 4 members (excludes halogenated alkanes) is 4. The molecule has 3 aromatic heterocycles. The number of benzene rings is 2. The van der Waals surface area contributed by atoms with Gasteiger partial charge in [0.15, 0.2) is 28.8 Å². The maximum atomic E-state index is 14.7. The van der Waals surface area contributed by atoms with Gasteiger partial charge in [-0.15, -0.1) is 21.5 Å². The van der Waals surface area contributed by atoms with Crippen LogP contribution in [0, 0.1) is 12.3 Å². The van der Waals surface area contributed by atoms with Crippen molar-refractivity contribution in [3.05, 3.63) is 71.3 Å². The van der Waals surface area contributed by atoms with Gasteiger partial charge in [-0.25, -0.2) is 14.4 Å². The van der Waals surface area contributed by atoms with E-state index in [0.29, 0.717) is 53.6 Å². The number of anilines is 3. The van der Waals surface area contributed by atoms with Crippen LogP contribution in [0.4, 0.5) is 21.6 Å². The highest BCUT2D eigenvalue weighted by atomic mass is 32.1. The average Bonchev–Trinajstić information content (AvgIpc) is 3.64. The summed E-state index contributed by atoms with van der Waals surface area (Å²) in [4.78, 5) is 89.8. The Morgan fingerprint density at radius 1 is 0.961 bits per heavy atom. The fraction of sp³-hybridized carbons (Fsp3) is 0.481. The topological polar surface area (TPSA) is 286 Å². The Morgan fingerprint density at radius 2 is 1.72 bits per heavy atom. The normalized spacial score (nSPS) is 16.0. The summed E-state index contributed by atoms with van der Waals surface area (Å²) in [5.74, 6) is -1.82. The van der Waals surface area contributed by atoms with Crippen molar-refractivity contribution < 1.29 is 47.7 Å². The zero-order valence-electron chi connectivity index (χ0n) is 43.8. The maximum Gasteiger partial charge on any atom is 0.273 e. The van der Waals surface area contributed by atoms with E-state index in [2.05, 4.69) is 57.2 Å². The summed E-state index contributed by atoms with van der Waals surface area (Å²) in [5.41, 5.74) is 2.69. The molecule has 2 fully saturated rings. The number of carbonyl (C=O) groups is 6. The first-order valence-electron chi connectivity index (χ1n) is 25.2. The molecule has 0 unspecified atom stereocenters. The number of aliphatic hydroxyl groups is 1. The van der Waals surface area contributed by atoms with Crippen molar-refractivity contribution in [1.29, 1.82) is 0 Å². The predicted octanol–water partition coefficient (Wildman–Crippen LogP) is 4.90. The average molecular weight is 1070 g/mol. The van der Waals surface area contributed by atoms with Crippen LogP contribution in [0.1, 0.15) is 100 Å². The van der Waals surface area contributed by atoms with E-state index in [9.17, 15) is 38.3 Å². The van der Waals surface area contributed by atoms with Gasteiger partial charge in [-0.1, -0.05) is 58.2 Å². The Hall–Kier alpha value is -7.60. The summed E-state index contributed by atoms with van der Waals surface area (Å²) in [6, 6.07) is 10.3. The van der Waals surface area contributed by atoms with Crippen molar-refractivity contribution in [2.75, 3.05) is 44.5 Å². The first-order chi connectivity index (χ1) is 36.3. The molecule has 1 aliphatic carbocycles.